The average Bonchev–Trinajstić information content (AvgIpc) is 3.34. The lowest BCUT2D eigenvalue weighted by Crippen LogP contribution is -2.27. The Morgan fingerprint density at radius 2 is 1.71 bits per heavy atom. The van der Waals surface area contributed by atoms with Crippen LogP contribution in [0.4, 0.5) is 17.6 Å². The first-order chi connectivity index (χ1) is 16.5. The maximum Gasteiger partial charge on any atom is 0.390 e. The van der Waals surface area contributed by atoms with E-state index < -0.39 is 31.0 Å². The maximum atomic E-state index is 14.3. The second-order valence-corrected chi connectivity index (χ2v) is 8.50. The molecule has 0 radical (unpaired) electrons. The third-order valence-corrected chi connectivity index (χ3v) is 5.62. The number of alkyl halides is 4. The number of para-hydroxylation sites is 1. The second kappa shape index (κ2) is 9.82. The van der Waals surface area contributed by atoms with Crippen LogP contribution in [0.15, 0.2) is 53.3 Å². The molecule has 0 fully saturated rings. The summed E-state index contributed by atoms with van der Waals surface area (Å²) in [6.07, 6.45) is -7.21. The molecule has 184 valence electrons. The van der Waals surface area contributed by atoms with E-state index in [0.717, 1.165) is 9.25 Å². The van der Waals surface area contributed by atoms with Crippen molar-refractivity contribution in [3.63, 3.8) is 0 Å². The third-order valence-electron chi connectivity index (χ3n) is 5.05. The molecule has 0 aliphatic carbocycles. The molecule has 0 saturated carbocycles. The molecule has 0 saturated heterocycles. The van der Waals surface area contributed by atoms with Crippen molar-refractivity contribution in [3.05, 3.63) is 80.7 Å². The van der Waals surface area contributed by atoms with E-state index in [4.69, 9.17) is 23.2 Å². The summed E-state index contributed by atoms with van der Waals surface area (Å²) in [4.78, 5) is 17.2. The molecule has 2 heterocycles. The predicted molar refractivity (Wildman–Crippen MR) is 123 cm³/mol. The van der Waals surface area contributed by atoms with E-state index in [1.165, 1.54) is 23.7 Å². The van der Waals surface area contributed by atoms with Crippen molar-refractivity contribution in [3.8, 4) is 17.1 Å². The lowest BCUT2D eigenvalue weighted by atomic mass is 10.2. The lowest BCUT2D eigenvalue weighted by molar-refractivity contribution is -0.136. The van der Waals surface area contributed by atoms with Crippen molar-refractivity contribution in [1.82, 2.24) is 29.1 Å². The fraction of sp³-hybridized carbons (Fsp3) is 0.273. The topological polar surface area (TPSA) is 70.5 Å². The van der Waals surface area contributed by atoms with Gasteiger partial charge in [0.15, 0.2) is 23.6 Å². The Morgan fingerprint density at radius 1 is 1.03 bits per heavy atom. The zero-order chi connectivity index (χ0) is 25.3. The molecule has 1 atom stereocenters. The molecule has 0 aliphatic rings. The van der Waals surface area contributed by atoms with E-state index in [-0.39, 0.29) is 24.0 Å². The van der Waals surface area contributed by atoms with E-state index in [0.29, 0.717) is 21.3 Å². The summed E-state index contributed by atoms with van der Waals surface area (Å²) in [6, 6.07) is 12.8. The molecule has 4 rings (SSSR count). The summed E-state index contributed by atoms with van der Waals surface area (Å²) in [5.74, 6) is 0.0192. The molecule has 1 unspecified atom stereocenters. The Bertz CT molecular complexity index is 1390. The van der Waals surface area contributed by atoms with Crippen LogP contribution < -0.4 is 5.69 Å². The van der Waals surface area contributed by atoms with Gasteiger partial charge in [-0.05, 0) is 43.3 Å². The molecule has 2 aromatic carbocycles. The van der Waals surface area contributed by atoms with Crippen molar-refractivity contribution in [2.24, 2.45) is 0 Å². The third kappa shape index (κ3) is 5.57. The molecule has 13 heteroatoms. The highest BCUT2D eigenvalue weighted by Crippen LogP contribution is 2.26. The summed E-state index contributed by atoms with van der Waals surface area (Å²) in [5, 5.41) is 9.24. The summed E-state index contributed by atoms with van der Waals surface area (Å²) in [5.41, 5.74) is 0.000476. The first kappa shape index (κ1) is 24.9. The number of rotatable bonds is 7. The van der Waals surface area contributed by atoms with Crippen LogP contribution in [-0.2, 0) is 13.1 Å². The first-order valence-electron chi connectivity index (χ1n) is 10.4. The van der Waals surface area contributed by atoms with Crippen LogP contribution in [0.1, 0.15) is 31.2 Å². The van der Waals surface area contributed by atoms with Crippen molar-refractivity contribution in [2.45, 2.75) is 38.8 Å². The van der Waals surface area contributed by atoms with Gasteiger partial charge >= 0.3 is 11.9 Å². The predicted octanol–water partition coefficient (Wildman–Crippen LogP) is 5.63. The standard InChI is InChI=1S/C22H18Cl2F4N6O/c1-13(25)19-29-18(30-34(19)17-5-3-2-4-16(17)24)12-33-21(35)32(11-10-22(26,27)28)20(31-33)14-6-8-15(23)9-7-14/h2-9,13H,10-12H2,1H3. The minimum atomic E-state index is -4.47. The molecule has 0 bridgehead atoms. The normalized spacial score (nSPS) is 12.8. The van der Waals surface area contributed by atoms with Crippen LogP contribution in [0, 0.1) is 0 Å². The molecule has 4 aromatic rings. The van der Waals surface area contributed by atoms with Crippen molar-refractivity contribution < 1.29 is 17.6 Å². The number of hydrogen-bond acceptors (Lipinski definition) is 4. The number of benzene rings is 2. The van der Waals surface area contributed by atoms with Crippen LogP contribution >= 0.6 is 23.2 Å². The van der Waals surface area contributed by atoms with Gasteiger partial charge in [0.05, 0.1) is 17.1 Å². The van der Waals surface area contributed by atoms with Gasteiger partial charge in [-0.3, -0.25) is 4.57 Å². The lowest BCUT2D eigenvalue weighted by Gasteiger charge is -2.08. The Kier molecular flexibility index (Phi) is 7.00. The number of aromatic nitrogens is 6. The van der Waals surface area contributed by atoms with Gasteiger partial charge in [-0.15, -0.1) is 10.2 Å². The fourth-order valence-electron chi connectivity index (χ4n) is 3.42. The van der Waals surface area contributed by atoms with Crippen molar-refractivity contribution >= 4 is 23.2 Å². The molecule has 0 spiro atoms. The second-order valence-electron chi connectivity index (χ2n) is 7.65. The van der Waals surface area contributed by atoms with Gasteiger partial charge < -0.3 is 0 Å². The first-order valence-corrected chi connectivity index (χ1v) is 11.1. The van der Waals surface area contributed by atoms with Gasteiger partial charge in [0.25, 0.3) is 0 Å². The molecule has 7 nitrogen and oxygen atoms in total. The molecule has 0 amide bonds. The van der Waals surface area contributed by atoms with Gasteiger partial charge in [-0.25, -0.2) is 23.5 Å². The number of hydrogen-bond donors (Lipinski definition) is 0. The Morgan fingerprint density at radius 3 is 2.34 bits per heavy atom. The Hall–Kier alpha value is -3.18. The SMILES string of the molecule is CC(F)c1nc(Cn2nc(-c3ccc(Cl)cc3)n(CCC(F)(F)F)c2=O)nn1-c1ccccc1Cl. The highest BCUT2D eigenvalue weighted by Gasteiger charge is 2.29. The van der Waals surface area contributed by atoms with Crippen LogP contribution in [-0.4, -0.2) is 35.3 Å². The van der Waals surface area contributed by atoms with Crippen LogP contribution in [0.2, 0.25) is 10.0 Å². The van der Waals surface area contributed by atoms with Crippen molar-refractivity contribution in [2.75, 3.05) is 0 Å². The molecule has 2 aromatic heterocycles. The molecule has 0 aliphatic heterocycles. The van der Waals surface area contributed by atoms with Gasteiger partial charge in [0, 0.05) is 17.1 Å². The maximum absolute atomic E-state index is 14.3. The number of nitrogens with zero attached hydrogens (tertiary/aromatic N) is 6. The Labute approximate surface area is 206 Å². The Balaban J connectivity index is 1.75. The smallest absolute Gasteiger partial charge is 0.275 e. The van der Waals surface area contributed by atoms with Crippen LogP contribution in [0.25, 0.3) is 17.1 Å². The largest absolute Gasteiger partial charge is 0.390 e. The van der Waals surface area contributed by atoms with E-state index in [1.54, 1.807) is 36.4 Å². The number of halogens is 6. The molecule has 35 heavy (non-hydrogen) atoms. The van der Waals surface area contributed by atoms with E-state index >= 15 is 0 Å². The fourth-order valence-corrected chi connectivity index (χ4v) is 3.77. The van der Waals surface area contributed by atoms with Gasteiger partial charge in [0.2, 0.25) is 0 Å². The monoisotopic (exact) mass is 528 g/mol. The summed E-state index contributed by atoms with van der Waals surface area (Å²) in [6.45, 7) is 0.349. The van der Waals surface area contributed by atoms with Crippen LogP contribution in [0.3, 0.4) is 0 Å². The summed E-state index contributed by atoms with van der Waals surface area (Å²) >= 11 is 12.1. The minimum Gasteiger partial charge on any atom is -0.275 e. The zero-order valence-corrected chi connectivity index (χ0v) is 19.7. The highest BCUT2D eigenvalue weighted by atomic mass is 35.5. The van der Waals surface area contributed by atoms with Crippen molar-refractivity contribution in [1.29, 1.82) is 0 Å². The zero-order valence-electron chi connectivity index (χ0n) is 18.2. The van der Waals surface area contributed by atoms with Gasteiger partial charge in [-0.1, -0.05) is 35.3 Å². The average molecular weight is 529 g/mol. The van der Waals surface area contributed by atoms with E-state index in [2.05, 4.69) is 15.2 Å². The molecule has 0 N–H and O–H groups in total. The van der Waals surface area contributed by atoms with E-state index in [1.807, 2.05) is 0 Å². The quantitative estimate of drug-likeness (QED) is 0.291. The summed E-state index contributed by atoms with van der Waals surface area (Å²) < 4.78 is 56.1. The highest BCUT2D eigenvalue weighted by molar-refractivity contribution is 6.32. The molecular formula is C22H18Cl2F4N6O. The molecular weight excluding hydrogens is 511 g/mol. The summed E-state index contributed by atoms with van der Waals surface area (Å²) in [7, 11) is 0. The minimum absolute atomic E-state index is 0.0283. The van der Waals surface area contributed by atoms with Crippen LogP contribution in [0.5, 0.6) is 0 Å². The van der Waals surface area contributed by atoms with E-state index in [9.17, 15) is 22.4 Å². The van der Waals surface area contributed by atoms with Gasteiger partial charge in [0.1, 0.15) is 6.54 Å². The van der Waals surface area contributed by atoms with Gasteiger partial charge in [-0.2, -0.15) is 13.2 Å².